The smallest absolute Gasteiger partial charge is 0.242 e. The average molecular weight is 300 g/mol. The number of rotatable bonds is 6. The Balaban J connectivity index is 3.02. The first-order valence-electron chi connectivity index (χ1n) is 6.14. The lowest BCUT2D eigenvalue weighted by atomic mass is 10.0. The van der Waals surface area contributed by atoms with Gasteiger partial charge < -0.3 is 5.11 Å². The summed E-state index contributed by atoms with van der Waals surface area (Å²) in [5, 5.41) is 18.8. The van der Waals surface area contributed by atoms with Gasteiger partial charge in [0.15, 0.2) is 0 Å². The SMILES string of the molecule is CCCC(C)(O)CNS(=O)(=O)c1cccc(F)c1C#N. The quantitative estimate of drug-likeness (QED) is 0.833. The Kier molecular flexibility index (Phi) is 5.22. The molecule has 0 radical (unpaired) electrons. The molecular formula is C13H17FN2O3S. The second-order valence-corrected chi connectivity index (χ2v) is 6.53. The first kappa shape index (κ1) is 16.6. The molecule has 20 heavy (non-hydrogen) atoms. The number of hydrogen-bond acceptors (Lipinski definition) is 4. The summed E-state index contributed by atoms with van der Waals surface area (Å²) in [6.45, 7) is 3.17. The van der Waals surface area contributed by atoms with Crippen molar-refractivity contribution in [2.45, 2.75) is 37.2 Å². The fourth-order valence-corrected chi connectivity index (χ4v) is 3.12. The molecule has 0 saturated carbocycles. The van der Waals surface area contributed by atoms with E-state index in [2.05, 4.69) is 4.72 Å². The van der Waals surface area contributed by atoms with Crippen molar-refractivity contribution in [2.24, 2.45) is 0 Å². The van der Waals surface area contributed by atoms with Gasteiger partial charge in [-0.2, -0.15) is 5.26 Å². The van der Waals surface area contributed by atoms with E-state index < -0.39 is 31.9 Å². The third-order valence-corrected chi connectivity index (χ3v) is 4.25. The Labute approximate surface area is 118 Å². The van der Waals surface area contributed by atoms with Gasteiger partial charge in [0, 0.05) is 6.54 Å². The maximum absolute atomic E-state index is 13.4. The molecule has 110 valence electrons. The Morgan fingerprint density at radius 1 is 1.50 bits per heavy atom. The van der Waals surface area contributed by atoms with Crippen molar-refractivity contribution in [3.63, 3.8) is 0 Å². The minimum absolute atomic E-state index is 0.204. The van der Waals surface area contributed by atoms with Crippen LogP contribution >= 0.6 is 0 Å². The van der Waals surface area contributed by atoms with Gasteiger partial charge in [-0.25, -0.2) is 17.5 Å². The highest BCUT2D eigenvalue weighted by Gasteiger charge is 2.26. The molecule has 0 aromatic heterocycles. The molecule has 7 heteroatoms. The van der Waals surface area contributed by atoms with Crippen LogP contribution in [0.1, 0.15) is 32.3 Å². The summed E-state index contributed by atoms with van der Waals surface area (Å²) in [6, 6.07) is 4.92. The van der Waals surface area contributed by atoms with E-state index >= 15 is 0 Å². The van der Waals surface area contributed by atoms with Crippen molar-refractivity contribution in [1.29, 1.82) is 5.26 Å². The number of aliphatic hydroxyl groups is 1. The van der Waals surface area contributed by atoms with Crippen molar-refractivity contribution in [3.8, 4) is 6.07 Å². The van der Waals surface area contributed by atoms with Gasteiger partial charge in [-0.15, -0.1) is 0 Å². The minimum atomic E-state index is -4.05. The summed E-state index contributed by atoms with van der Waals surface area (Å²) >= 11 is 0. The van der Waals surface area contributed by atoms with Gasteiger partial charge in [0.25, 0.3) is 0 Å². The monoisotopic (exact) mass is 300 g/mol. The van der Waals surface area contributed by atoms with Crippen LogP contribution in [0.3, 0.4) is 0 Å². The molecule has 0 aliphatic carbocycles. The molecule has 1 atom stereocenters. The summed E-state index contributed by atoms with van der Waals surface area (Å²) in [6.07, 6.45) is 1.11. The molecule has 1 unspecified atom stereocenters. The third-order valence-electron chi connectivity index (χ3n) is 2.81. The van der Waals surface area contributed by atoms with Gasteiger partial charge in [-0.3, -0.25) is 0 Å². The van der Waals surface area contributed by atoms with E-state index in [1.54, 1.807) is 0 Å². The van der Waals surface area contributed by atoms with Crippen LogP contribution < -0.4 is 4.72 Å². The van der Waals surface area contributed by atoms with E-state index in [-0.39, 0.29) is 6.54 Å². The van der Waals surface area contributed by atoms with Gasteiger partial charge in [-0.05, 0) is 25.5 Å². The van der Waals surface area contributed by atoms with Crippen LogP contribution in [0.4, 0.5) is 4.39 Å². The highest BCUT2D eigenvalue weighted by Crippen LogP contribution is 2.19. The zero-order chi connectivity index (χ0) is 15.4. The Morgan fingerprint density at radius 3 is 2.70 bits per heavy atom. The summed E-state index contributed by atoms with van der Waals surface area (Å²) in [5.74, 6) is -0.893. The molecule has 0 aliphatic rings. The van der Waals surface area contributed by atoms with Crippen LogP contribution in [0.15, 0.2) is 23.1 Å². The molecule has 0 spiro atoms. The molecule has 1 aromatic rings. The zero-order valence-corrected chi connectivity index (χ0v) is 12.2. The largest absolute Gasteiger partial charge is 0.389 e. The van der Waals surface area contributed by atoms with Crippen LogP contribution in [0.2, 0.25) is 0 Å². The molecule has 0 amide bonds. The summed E-state index contributed by atoms with van der Waals surface area (Å²) < 4.78 is 39.8. The third kappa shape index (κ3) is 4.00. The molecule has 5 nitrogen and oxygen atoms in total. The molecule has 2 N–H and O–H groups in total. The number of nitriles is 1. The van der Waals surface area contributed by atoms with Crippen molar-refractivity contribution in [2.75, 3.05) is 6.54 Å². The van der Waals surface area contributed by atoms with Crippen molar-refractivity contribution in [3.05, 3.63) is 29.6 Å². The summed E-state index contributed by atoms with van der Waals surface area (Å²) in [5.41, 5.74) is -1.72. The van der Waals surface area contributed by atoms with Crippen LogP contribution in [0.5, 0.6) is 0 Å². The molecule has 0 bridgehead atoms. The van der Waals surface area contributed by atoms with E-state index in [0.717, 1.165) is 12.1 Å². The molecule has 0 aliphatic heterocycles. The van der Waals surface area contributed by atoms with Crippen molar-refractivity contribution < 1.29 is 17.9 Å². The Hall–Kier alpha value is -1.49. The molecule has 0 fully saturated rings. The topological polar surface area (TPSA) is 90.2 Å². The highest BCUT2D eigenvalue weighted by atomic mass is 32.2. The number of hydrogen-bond donors (Lipinski definition) is 2. The maximum Gasteiger partial charge on any atom is 0.242 e. The van der Waals surface area contributed by atoms with Crippen LogP contribution in [0.25, 0.3) is 0 Å². The zero-order valence-electron chi connectivity index (χ0n) is 11.4. The fourth-order valence-electron chi connectivity index (χ4n) is 1.79. The van der Waals surface area contributed by atoms with Crippen LogP contribution in [-0.2, 0) is 10.0 Å². The van der Waals surface area contributed by atoms with E-state index in [0.29, 0.717) is 12.8 Å². The normalized spacial score (nSPS) is 14.6. The predicted octanol–water partition coefficient (Wildman–Crippen LogP) is 1.53. The van der Waals surface area contributed by atoms with Crippen LogP contribution in [0, 0.1) is 17.1 Å². The van der Waals surface area contributed by atoms with Crippen molar-refractivity contribution >= 4 is 10.0 Å². The van der Waals surface area contributed by atoms with E-state index in [1.165, 1.54) is 19.1 Å². The number of halogens is 1. The first-order valence-corrected chi connectivity index (χ1v) is 7.62. The maximum atomic E-state index is 13.4. The first-order chi connectivity index (χ1) is 9.23. The van der Waals surface area contributed by atoms with Gasteiger partial charge in [0.1, 0.15) is 22.3 Å². The second kappa shape index (κ2) is 6.31. The molecule has 0 saturated heterocycles. The lowest BCUT2D eigenvalue weighted by Gasteiger charge is -2.23. The Morgan fingerprint density at radius 2 is 2.15 bits per heavy atom. The molecule has 0 heterocycles. The standard InChI is InChI=1S/C13H17FN2O3S/c1-3-7-13(2,17)9-16-20(18,19)12-6-4-5-11(14)10(12)8-15/h4-6,16-17H,3,7,9H2,1-2H3. The van der Waals surface area contributed by atoms with Gasteiger partial charge in [0.2, 0.25) is 10.0 Å². The minimum Gasteiger partial charge on any atom is -0.389 e. The van der Waals surface area contributed by atoms with Gasteiger partial charge in [-0.1, -0.05) is 19.4 Å². The molecular weight excluding hydrogens is 283 g/mol. The second-order valence-electron chi connectivity index (χ2n) is 4.80. The lowest BCUT2D eigenvalue weighted by Crippen LogP contribution is -2.40. The van der Waals surface area contributed by atoms with Crippen LogP contribution in [-0.4, -0.2) is 25.7 Å². The van der Waals surface area contributed by atoms with E-state index in [1.807, 2.05) is 6.92 Å². The number of benzene rings is 1. The average Bonchev–Trinajstić information content (AvgIpc) is 2.36. The van der Waals surface area contributed by atoms with Gasteiger partial charge >= 0.3 is 0 Å². The van der Waals surface area contributed by atoms with E-state index in [9.17, 15) is 17.9 Å². The van der Waals surface area contributed by atoms with E-state index in [4.69, 9.17) is 5.26 Å². The highest BCUT2D eigenvalue weighted by molar-refractivity contribution is 7.89. The number of sulfonamides is 1. The lowest BCUT2D eigenvalue weighted by molar-refractivity contribution is 0.0554. The van der Waals surface area contributed by atoms with Gasteiger partial charge in [0.05, 0.1) is 5.60 Å². The fraction of sp³-hybridized carbons (Fsp3) is 0.462. The summed E-state index contributed by atoms with van der Waals surface area (Å²) in [7, 11) is -4.05. The molecule has 1 aromatic carbocycles. The van der Waals surface area contributed by atoms with Crippen molar-refractivity contribution in [1.82, 2.24) is 4.72 Å². The Bertz CT molecular complexity index is 621. The molecule has 1 rings (SSSR count). The number of nitrogens with zero attached hydrogens (tertiary/aromatic N) is 1. The summed E-state index contributed by atoms with van der Waals surface area (Å²) in [4.78, 5) is -0.424. The predicted molar refractivity (Wildman–Crippen MR) is 71.8 cm³/mol. The number of nitrogens with one attached hydrogen (secondary N) is 1.